The largest absolute Gasteiger partial charge is 0.489 e. The van der Waals surface area contributed by atoms with Gasteiger partial charge in [-0.25, -0.2) is 0 Å². The van der Waals surface area contributed by atoms with E-state index >= 15 is 0 Å². The molecule has 0 unspecified atom stereocenters. The van der Waals surface area contributed by atoms with E-state index in [4.69, 9.17) is 9.47 Å². The smallest absolute Gasteiger partial charge is 0.272 e. The average Bonchev–Trinajstić information content (AvgIpc) is 3.09. The number of ether oxygens (including phenoxy) is 2. The third kappa shape index (κ3) is 3.58. The first-order valence-corrected chi connectivity index (χ1v) is 9.23. The van der Waals surface area contributed by atoms with E-state index in [1.807, 2.05) is 19.1 Å². The summed E-state index contributed by atoms with van der Waals surface area (Å²) >= 11 is 0. The Labute approximate surface area is 152 Å². The number of fused-ring (bicyclic) bond motifs is 1. The van der Waals surface area contributed by atoms with Crippen LogP contribution in [0.3, 0.4) is 0 Å². The summed E-state index contributed by atoms with van der Waals surface area (Å²) < 4.78 is 11.5. The minimum absolute atomic E-state index is 0.111. The van der Waals surface area contributed by atoms with Crippen LogP contribution in [0.5, 0.6) is 5.75 Å². The Morgan fingerprint density at radius 1 is 1.35 bits per heavy atom. The van der Waals surface area contributed by atoms with E-state index < -0.39 is 0 Å². The van der Waals surface area contributed by atoms with E-state index in [0.717, 1.165) is 54.8 Å². The Bertz CT molecular complexity index is 781. The molecule has 3 heterocycles. The zero-order chi connectivity index (χ0) is 17.9. The van der Waals surface area contributed by atoms with Crippen LogP contribution in [0.1, 0.15) is 53.1 Å². The van der Waals surface area contributed by atoms with Crippen molar-refractivity contribution in [3.8, 4) is 5.75 Å². The number of rotatable bonds is 4. The maximum absolute atomic E-state index is 12.6. The third-order valence-electron chi connectivity index (χ3n) is 5.17. The number of aromatic nitrogens is 3. The summed E-state index contributed by atoms with van der Waals surface area (Å²) in [5.74, 6) is 0.739. The maximum Gasteiger partial charge on any atom is 0.272 e. The summed E-state index contributed by atoms with van der Waals surface area (Å²) in [5, 5.41) is 10.3. The average molecular weight is 356 g/mol. The number of hydrogen-bond donors (Lipinski definition) is 2. The topological polar surface area (TPSA) is 89.1 Å². The molecule has 1 amide bonds. The molecule has 1 aliphatic heterocycles. The standard InChI is InChI=1S/C19H24N4O3/c1-12-17(3-2-9-20-12)26-14-6-4-13(5-7-14)21-19(24)18-15-11-25-10-8-16(15)22-23-18/h2-3,9,13-14H,4-8,10-11H2,1H3,(H,21,24)(H,22,23). The predicted molar refractivity (Wildman–Crippen MR) is 95.1 cm³/mol. The Kier molecular flexibility index (Phi) is 4.88. The minimum Gasteiger partial charge on any atom is -0.489 e. The summed E-state index contributed by atoms with van der Waals surface area (Å²) in [6.45, 7) is 3.09. The molecule has 0 spiro atoms. The fraction of sp³-hybridized carbons (Fsp3) is 0.526. The lowest BCUT2D eigenvalue weighted by atomic mass is 9.92. The lowest BCUT2D eigenvalue weighted by molar-refractivity contribution is 0.0871. The second-order valence-electron chi connectivity index (χ2n) is 6.98. The van der Waals surface area contributed by atoms with Gasteiger partial charge in [0, 0.05) is 29.9 Å². The van der Waals surface area contributed by atoms with E-state index in [0.29, 0.717) is 18.9 Å². The van der Waals surface area contributed by atoms with Crippen LogP contribution in [0, 0.1) is 6.92 Å². The summed E-state index contributed by atoms with van der Waals surface area (Å²) in [4.78, 5) is 16.8. The van der Waals surface area contributed by atoms with Crippen LogP contribution < -0.4 is 10.1 Å². The van der Waals surface area contributed by atoms with E-state index in [-0.39, 0.29) is 18.1 Å². The number of nitrogens with zero attached hydrogens (tertiary/aromatic N) is 2. The Hall–Kier alpha value is -2.41. The van der Waals surface area contributed by atoms with Gasteiger partial charge in [-0.15, -0.1) is 0 Å². The van der Waals surface area contributed by atoms with Crippen LogP contribution in [-0.4, -0.2) is 39.8 Å². The highest BCUT2D eigenvalue weighted by molar-refractivity contribution is 5.94. The van der Waals surface area contributed by atoms with Crippen molar-refractivity contribution in [3.05, 3.63) is 41.0 Å². The molecule has 0 aromatic carbocycles. The molecule has 2 aromatic rings. The fourth-order valence-corrected chi connectivity index (χ4v) is 3.65. The van der Waals surface area contributed by atoms with Crippen molar-refractivity contribution < 1.29 is 14.3 Å². The van der Waals surface area contributed by atoms with Gasteiger partial charge >= 0.3 is 0 Å². The summed E-state index contributed by atoms with van der Waals surface area (Å²) in [6.07, 6.45) is 6.37. The second kappa shape index (κ2) is 7.45. The molecule has 1 fully saturated rings. The molecule has 0 saturated heterocycles. The first-order chi connectivity index (χ1) is 12.7. The van der Waals surface area contributed by atoms with Gasteiger partial charge in [0.2, 0.25) is 0 Å². The molecule has 1 saturated carbocycles. The van der Waals surface area contributed by atoms with Gasteiger partial charge in [-0.3, -0.25) is 14.9 Å². The number of hydrogen-bond acceptors (Lipinski definition) is 5. The Balaban J connectivity index is 1.30. The number of aromatic amines is 1. The van der Waals surface area contributed by atoms with Gasteiger partial charge in [0.15, 0.2) is 5.69 Å². The lowest BCUT2D eigenvalue weighted by Gasteiger charge is -2.29. The normalized spacial score (nSPS) is 22.5. The molecule has 2 aliphatic rings. The summed E-state index contributed by atoms with van der Waals surface area (Å²) in [5.41, 5.74) is 3.31. The van der Waals surface area contributed by atoms with Crippen molar-refractivity contribution in [1.29, 1.82) is 0 Å². The van der Waals surface area contributed by atoms with Gasteiger partial charge in [0.25, 0.3) is 5.91 Å². The molecule has 0 radical (unpaired) electrons. The lowest BCUT2D eigenvalue weighted by Crippen LogP contribution is -2.40. The monoisotopic (exact) mass is 356 g/mol. The van der Waals surface area contributed by atoms with E-state index in [1.54, 1.807) is 6.20 Å². The third-order valence-corrected chi connectivity index (χ3v) is 5.17. The number of H-pyrrole nitrogens is 1. The molecule has 138 valence electrons. The van der Waals surface area contributed by atoms with Crippen LogP contribution in [-0.2, 0) is 17.8 Å². The van der Waals surface area contributed by atoms with Gasteiger partial charge < -0.3 is 14.8 Å². The van der Waals surface area contributed by atoms with Crippen LogP contribution in [0.2, 0.25) is 0 Å². The summed E-state index contributed by atoms with van der Waals surface area (Å²) in [6, 6.07) is 4.01. The first-order valence-electron chi connectivity index (χ1n) is 9.23. The Morgan fingerprint density at radius 2 is 2.19 bits per heavy atom. The van der Waals surface area contributed by atoms with E-state index in [2.05, 4.69) is 20.5 Å². The van der Waals surface area contributed by atoms with Crippen LogP contribution in [0.15, 0.2) is 18.3 Å². The second-order valence-corrected chi connectivity index (χ2v) is 6.98. The summed E-state index contributed by atoms with van der Waals surface area (Å²) in [7, 11) is 0. The molecule has 2 N–H and O–H groups in total. The van der Waals surface area contributed by atoms with Gasteiger partial charge in [-0.2, -0.15) is 5.10 Å². The zero-order valence-electron chi connectivity index (χ0n) is 15.0. The maximum atomic E-state index is 12.6. The van der Waals surface area contributed by atoms with Crippen molar-refractivity contribution in [2.75, 3.05) is 6.61 Å². The molecule has 2 aromatic heterocycles. The minimum atomic E-state index is -0.111. The highest BCUT2D eigenvalue weighted by Gasteiger charge is 2.27. The predicted octanol–water partition coefficient (Wildman–Crippen LogP) is 2.31. The zero-order valence-corrected chi connectivity index (χ0v) is 15.0. The quantitative estimate of drug-likeness (QED) is 0.877. The van der Waals surface area contributed by atoms with Crippen molar-refractivity contribution in [2.45, 2.75) is 57.8 Å². The molecule has 4 rings (SSSR count). The fourth-order valence-electron chi connectivity index (χ4n) is 3.65. The van der Waals surface area contributed by atoms with Crippen LogP contribution in [0.25, 0.3) is 0 Å². The van der Waals surface area contributed by atoms with Gasteiger partial charge in [0.1, 0.15) is 5.75 Å². The van der Waals surface area contributed by atoms with E-state index in [9.17, 15) is 4.79 Å². The molecule has 0 bridgehead atoms. The number of carbonyl (C=O) groups excluding carboxylic acids is 1. The van der Waals surface area contributed by atoms with Crippen LogP contribution in [0.4, 0.5) is 0 Å². The van der Waals surface area contributed by atoms with Gasteiger partial charge in [-0.05, 0) is 44.7 Å². The number of aryl methyl sites for hydroxylation is 1. The van der Waals surface area contributed by atoms with Crippen molar-refractivity contribution >= 4 is 5.91 Å². The highest BCUT2D eigenvalue weighted by atomic mass is 16.5. The van der Waals surface area contributed by atoms with Crippen molar-refractivity contribution in [1.82, 2.24) is 20.5 Å². The van der Waals surface area contributed by atoms with E-state index in [1.165, 1.54) is 0 Å². The van der Waals surface area contributed by atoms with Gasteiger partial charge in [0.05, 0.1) is 25.0 Å². The molecular formula is C19H24N4O3. The van der Waals surface area contributed by atoms with Crippen molar-refractivity contribution in [2.24, 2.45) is 0 Å². The molecular weight excluding hydrogens is 332 g/mol. The van der Waals surface area contributed by atoms with Gasteiger partial charge in [-0.1, -0.05) is 0 Å². The SMILES string of the molecule is Cc1ncccc1OC1CCC(NC(=O)c2n[nH]c3c2COCC3)CC1. The molecule has 7 nitrogen and oxygen atoms in total. The molecule has 7 heteroatoms. The number of pyridine rings is 1. The number of nitrogens with one attached hydrogen (secondary N) is 2. The molecule has 1 aliphatic carbocycles. The first kappa shape index (κ1) is 17.0. The number of amides is 1. The molecule has 0 atom stereocenters. The van der Waals surface area contributed by atoms with Crippen molar-refractivity contribution in [3.63, 3.8) is 0 Å². The molecule has 26 heavy (non-hydrogen) atoms. The van der Waals surface area contributed by atoms with Crippen LogP contribution >= 0.6 is 0 Å². The highest BCUT2D eigenvalue weighted by Crippen LogP contribution is 2.25. The number of carbonyl (C=O) groups is 1. The Morgan fingerprint density at radius 3 is 3.00 bits per heavy atom.